The summed E-state index contributed by atoms with van der Waals surface area (Å²) < 4.78 is 10.6. The molecule has 2 N–H and O–H groups in total. The van der Waals surface area contributed by atoms with E-state index in [1.165, 1.54) is 32.5 Å². The lowest BCUT2D eigenvalue weighted by Crippen LogP contribution is -2.29. The molecule has 1 aromatic heterocycles. The van der Waals surface area contributed by atoms with Gasteiger partial charge in [0.25, 0.3) is 11.7 Å². The van der Waals surface area contributed by atoms with Gasteiger partial charge in [-0.2, -0.15) is 0 Å². The number of aromatic nitrogens is 1. The van der Waals surface area contributed by atoms with E-state index in [1.807, 2.05) is 0 Å². The molecule has 0 aliphatic carbocycles. The average molecular weight is 432 g/mol. The molecule has 2 aromatic carbocycles. The van der Waals surface area contributed by atoms with Gasteiger partial charge in [-0.05, 0) is 35.9 Å². The van der Waals surface area contributed by atoms with E-state index in [2.05, 4.69) is 4.98 Å². The highest BCUT2D eigenvalue weighted by Crippen LogP contribution is 2.45. The third-order valence-corrected chi connectivity index (χ3v) is 5.25. The maximum Gasteiger partial charge on any atom is 0.300 e. The lowest BCUT2D eigenvalue weighted by Gasteiger charge is -2.25. The number of carbonyl (C=O) groups is 2. The van der Waals surface area contributed by atoms with E-state index in [9.17, 15) is 19.8 Å². The molecule has 0 radical (unpaired) electrons. The number of hydrogen-bond donors (Lipinski definition) is 2. The summed E-state index contributed by atoms with van der Waals surface area (Å²) in [4.78, 5) is 31.5. The molecule has 1 aliphatic heterocycles. The minimum Gasteiger partial charge on any atom is -0.507 e. The third kappa shape index (κ3) is 3.41. The summed E-state index contributed by atoms with van der Waals surface area (Å²) in [5.41, 5.74) is 0.709. The first-order valence-electron chi connectivity index (χ1n) is 9.69. The lowest BCUT2D eigenvalue weighted by atomic mass is 9.95. The number of anilines is 1. The number of Topliss-reactive ketones (excluding diaryl/α,β-unsaturated/α-hetero) is 1. The first-order chi connectivity index (χ1) is 15.5. The first kappa shape index (κ1) is 20.9. The van der Waals surface area contributed by atoms with Gasteiger partial charge in [0.05, 0.1) is 37.1 Å². The number of para-hydroxylation sites is 2. The van der Waals surface area contributed by atoms with E-state index >= 15 is 0 Å². The molecule has 0 saturated carbocycles. The second kappa shape index (κ2) is 8.43. The molecule has 3 aromatic rings. The largest absolute Gasteiger partial charge is 0.507 e. The van der Waals surface area contributed by atoms with Crippen molar-refractivity contribution in [2.24, 2.45) is 0 Å². The molecule has 0 bridgehead atoms. The fourth-order valence-corrected chi connectivity index (χ4v) is 3.74. The highest BCUT2D eigenvalue weighted by molar-refractivity contribution is 6.52. The number of phenols is 1. The second-order valence-corrected chi connectivity index (χ2v) is 7.01. The number of methoxy groups -OCH3 is 2. The van der Waals surface area contributed by atoms with Gasteiger partial charge in [0, 0.05) is 18.5 Å². The summed E-state index contributed by atoms with van der Waals surface area (Å²) in [5, 5.41) is 21.6. The number of benzene rings is 2. The van der Waals surface area contributed by atoms with Crippen LogP contribution in [0.2, 0.25) is 0 Å². The predicted molar refractivity (Wildman–Crippen MR) is 117 cm³/mol. The summed E-state index contributed by atoms with van der Waals surface area (Å²) in [5.74, 6) is -1.59. The number of rotatable bonds is 5. The molecule has 8 nitrogen and oxygen atoms in total. The van der Waals surface area contributed by atoms with Gasteiger partial charge in [-0.1, -0.05) is 18.2 Å². The molecular weight excluding hydrogens is 412 g/mol. The molecule has 1 saturated heterocycles. The Kier molecular flexibility index (Phi) is 5.51. The maximum atomic E-state index is 13.1. The van der Waals surface area contributed by atoms with E-state index in [0.717, 1.165) is 4.90 Å². The smallest absolute Gasteiger partial charge is 0.300 e. The van der Waals surface area contributed by atoms with Gasteiger partial charge < -0.3 is 19.7 Å². The SMILES string of the molecule is COc1ccc(/C(O)=C2/C(=O)C(=O)N(c3ccccc3O)C2c2cccnc2)c(OC)c1. The van der Waals surface area contributed by atoms with Crippen LogP contribution in [-0.2, 0) is 9.59 Å². The number of amides is 1. The molecule has 1 fully saturated rings. The molecule has 1 atom stereocenters. The first-order valence-corrected chi connectivity index (χ1v) is 9.69. The normalized spacial score (nSPS) is 17.4. The van der Waals surface area contributed by atoms with Crippen LogP contribution in [0, 0.1) is 0 Å². The summed E-state index contributed by atoms with van der Waals surface area (Å²) >= 11 is 0. The molecule has 0 spiro atoms. The highest BCUT2D eigenvalue weighted by atomic mass is 16.5. The third-order valence-electron chi connectivity index (χ3n) is 5.25. The van der Waals surface area contributed by atoms with Crippen molar-refractivity contribution in [2.45, 2.75) is 6.04 Å². The Hall–Kier alpha value is -4.33. The molecule has 4 rings (SSSR count). The highest BCUT2D eigenvalue weighted by Gasteiger charge is 2.48. The maximum absolute atomic E-state index is 13.1. The number of ether oxygens (including phenoxy) is 2. The molecule has 8 heteroatoms. The van der Waals surface area contributed by atoms with Gasteiger partial charge in [-0.25, -0.2) is 0 Å². The van der Waals surface area contributed by atoms with Crippen LogP contribution in [-0.4, -0.2) is 41.1 Å². The van der Waals surface area contributed by atoms with Crippen molar-refractivity contribution in [3.05, 3.63) is 83.7 Å². The molecule has 32 heavy (non-hydrogen) atoms. The van der Waals surface area contributed by atoms with Crippen LogP contribution >= 0.6 is 0 Å². The standard InChI is InChI=1S/C24H20N2O6/c1-31-15-9-10-16(19(12-15)32-2)22(28)20-21(14-6-5-11-25-13-14)26(24(30)23(20)29)17-7-3-4-8-18(17)27/h3-13,21,27-28H,1-2H3/b22-20-. The van der Waals surface area contributed by atoms with Crippen LogP contribution < -0.4 is 14.4 Å². The monoisotopic (exact) mass is 432 g/mol. The van der Waals surface area contributed by atoms with Gasteiger partial charge in [-0.15, -0.1) is 0 Å². The molecule has 1 unspecified atom stereocenters. The van der Waals surface area contributed by atoms with E-state index in [4.69, 9.17) is 9.47 Å². The number of hydrogen-bond acceptors (Lipinski definition) is 7. The zero-order valence-corrected chi connectivity index (χ0v) is 17.4. The fourth-order valence-electron chi connectivity index (χ4n) is 3.74. The Morgan fingerprint density at radius 1 is 1.03 bits per heavy atom. The number of ketones is 1. The van der Waals surface area contributed by atoms with E-state index in [0.29, 0.717) is 11.3 Å². The molecule has 1 amide bonds. The van der Waals surface area contributed by atoms with Crippen molar-refractivity contribution in [1.82, 2.24) is 4.98 Å². The van der Waals surface area contributed by atoms with E-state index in [-0.39, 0.29) is 28.3 Å². The van der Waals surface area contributed by atoms with Crippen LogP contribution in [0.25, 0.3) is 5.76 Å². The number of aliphatic hydroxyl groups is 1. The minimum atomic E-state index is -1.01. The average Bonchev–Trinajstić information content (AvgIpc) is 3.09. The number of nitrogens with zero attached hydrogens (tertiary/aromatic N) is 2. The molecule has 2 heterocycles. The minimum absolute atomic E-state index is 0.143. The van der Waals surface area contributed by atoms with Gasteiger partial charge in [-0.3, -0.25) is 19.5 Å². The molecular formula is C24H20N2O6. The van der Waals surface area contributed by atoms with Crippen molar-refractivity contribution in [1.29, 1.82) is 0 Å². The summed E-state index contributed by atoms with van der Waals surface area (Å²) in [6.07, 6.45) is 3.06. The number of aromatic hydroxyl groups is 1. The molecule has 1 aliphatic rings. The quantitative estimate of drug-likeness (QED) is 0.361. The van der Waals surface area contributed by atoms with E-state index in [1.54, 1.807) is 48.7 Å². The number of pyridine rings is 1. The summed E-state index contributed by atoms with van der Waals surface area (Å²) in [7, 11) is 2.92. The summed E-state index contributed by atoms with van der Waals surface area (Å²) in [6, 6.07) is 13.2. The van der Waals surface area contributed by atoms with Crippen LogP contribution in [0.5, 0.6) is 17.2 Å². The molecule has 162 valence electrons. The predicted octanol–water partition coefficient (Wildman–Crippen LogP) is 3.43. The van der Waals surface area contributed by atoms with Gasteiger partial charge in [0.1, 0.15) is 23.0 Å². The Morgan fingerprint density at radius 3 is 2.47 bits per heavy atom. The van der Waals surface area contributed by atoms with Crippen molar-refractivity contribution in [3.63, 3.8) is 0 Å². The Balaban J connectivity index is 1.97. The number of aliphatic hydroxyl groups excluding tert-OH is 1. The number of phenolic OH excluding ortho intramolecular Hbond substituents is 1. The Labute approximate surface area is 184 Å². The zero-order valence-electron chi connectivity index (χ0n) is 17.4. The fraction of sp³-hybridized carbons (Fsp3) is 0.125. The number of carbonyl (C=O) groups excluding carboxylic acids is 2. The van der Waals surface area contributed by atoms with Gasteiger partial charge in [0.15, 0.2) is 0 Å². The lowest BCUT2D eigenvalue weighted by molar-refractivity contribution is -0.132. The van der Waals surface area contributed by atoms with Crippen LogP contribution in [0.15, 0.2) is 72.6 Å². The topological polar surface area (TPSA) is 109 Å². The van der Waals surface area contributed by atoms with Crippen molar-refractivity contribution >= 4 is 23.1 Å². The Bertz CT molecular complexity index is 1220. The van der Waals surface area contributed by atoms with Crippen LogP contribution in [0.3, 0.4) is 0 Å². The van der Waals surface area contributed by atoms with Gasteiger partial charge >= 0.3 is 0 Å². The van der Waals surface area contributed by atoms with Crippen LogP contribution in [0.4, 0.5) is 5.69 Å². The van der Waals surface area contributed by atoms with Gasteiger partial charge in [0.2, 0.25) is 0 Å². The van der Waals surface area contributed by atoms with E-state index < -0.39 is 23.5 Å². The van der Waals surface area contributed by atoms with Crippen molar-refractivity contribution in [2.75, 3.05) is 19.1 Å². The Morgan fingerprint density at radius 2 is 1.81 bits per heavy atom. The zero-order chi connectivity index (χ0) is 22.8. The van der Waals surface area contributed by atoms with Crippen molar-refractivity contribution in [3.8, 4) is 17.2 Å². The van der Waals surface area contributed by atoms with Crippen LogP contribution in [0.1, 0.15) is 17.2 Å². The summed E-state index contributed by atoms with van der Waals surface area (Å²) in [6.45, 7) is 0. The van der Waals surface area contributed by atoms with Crippen molar-refractivity contribution < 1.29 is 29.3 Å². The second-order valence-electron chi connectivity index (χ2n) is 7.01.